The predicted octanol–water partition coefficient (Wildman–Crippen LogP) is 2.05. The number of hydrazine groups is 1. The highest BCUT2D eigenvalue weighted by atomic mass is 19.4. The minimum atomic E-state index is -4.72. The monoisotopic (exact) mass is 498 g/mol. The van der Waals surface area contributed by atoms with Crippen molar-refractivity contribution >= 4 is 11.9 Å². The lowest BCUT2D eigenvalue weighted by molar-refractivity contribution is -0.274. The molecule has 2 heterocycles. The van der Waals surface area contributed by atoms with Gasteiger partial charge in [-0.3, -0.25) is 10.6 Å². The van der Waals surface area contributed by atoms with Gasteiger partial charge in [0.1, 0.15) is 5.75 Å². The van der Waals surface area contributed by atoms with Crippen LogP contribution in [0.15, 0.2) is 36.2 Å². The van der Waals surface area contributed by atoms with Crippen molar-refractivity contribution in [2.24, 2.45) is 23.4 Å². The number of urea groups is 1. The quantitative estimate of drug-likeness (QED) is 0.321. The molecule has 194 valence electrons. The maximum atomic E-state index is 12.7. The number of carbonyl (C=O) groups is 2. The largest absolute Gasteiger partial charge is 0.573 e. The summed E-state index contributed by atoms with van der Waals surface area (Å²) in [5.74, 6) is 5.79. The van der Waals surface area contributed by atoms with Crippen LogP contribution in [0.2, 0.25) is 0 Å². The zero-order valence-corrected chi connectivity index (χ0v) is 19.5. The fourth-order valence-electron chi connectivity index (χ4n) is 4.65. The van der Waals surface area contributed by atoms with Crippen molar-refractivity contribution in [2.75, 3.05) is 32.7 Å². The smallest absolute Gasteiger partial charge is 0.406 e. The first-order valence-electron chi connectivity index (χ1n) is 11.7. The molecule has 2 aliphatic heterocycles. The number of rotatable bonds is 8. The van der Waals surface area contributed by atoms with Gasteiger partial charge in [0.05, 0.1) is 0 Å². The summed E-state index contributed by atoms with van der Waals surface area (Å²) in [7, 11) is 0. The molecule has 2 aliphatic rings. The average molecular weight is 499 g/mol. The van der Waals surface area contributed by atoms with Crippen LogP contribution in [0.5, 0.6) is 5.75 Å². The van der Waals surface area contributed by atoms with Crippen molar-refractivity contribution in [1.82, 2.24) is 20.5 Å². The van der Waals surface area contributed by atoms with Gasteiger partial charge in [-0.15, -0.1) is 13.2 Å². The Morgan fingerprint density at radius 3 is 2.23 bits per heavy atom. The minimum Gasteiger partial charge on any atom is -0.406 e. The Kier molecular flexibility index (Phi) is 9.07. The Bertz CT molecular complexity index is 877. The van der Waals surface area contributed by atoms with Crippen LogP contribution in [-0.4, -0.2) is 60.8 Å². The highest BCUT2D eigenvalue weighted by Crippen LogP contribution is 2.32. The van der Waals surface area contributed by atoms with E-state index in [0.717, 1.165) is 18.4 Å². The van der Waals surface area contributed by atoms with E-state index in [1.54, 1.807) is 12.1 Å². The van der Waals surface area contributed by atoms with Crippen LogP contribution in [-0.2, 0) is 11.2 Å². The van der Waals surface area contributed by atoms with Crippen LogP contribution in [0.4, 0.5) is 18.0 Å². The lowest BCUT2D eigenvalue weighted by Gasteiger charge is -2.22. The Balaban J connectivity index is 1.40. The molecule has 1 aromatic rings. The van der Waals surface area contributed by atoms with E-state index in [4.69, 9.17) is 11.6 Å². The van der Waals surface area contributed by atoms with Gasteiger partial charge in [0.2, 0.25) is 5.91 Å². The summed E-state index contributed by atoms with van der Waals surface area (Å²) in [6.45, 7) is 3.04. The summed E-state index contributed by atoms with van der Waals surface area (Å²) in [5.41, 5.74) is 9.33. The molecule has 2 unspecified atom stereocenters. The number of carbonyl (C=O) groups excluding carboxylic acids is 2. The number of halogens is 3. The summed E-state index contributed by atoms with van der Waals surface area (Å²) in [4.78, 5) is 28.9. The molecule has 3 rings (SSSR count). The molecule has 3 amide bonds. The van der Waals surface area contributed by atoms with Gasteiger partial charge >= 0.3 is 12.4 Å². The molecule has 0 spiro atoms. The number of nitrogens with two attached hydrogens (primary N) is 2. The lowest BCUT2D eigenvalue weighted by Crippen LogP contribution is -2.40. The summed E-state index contributed by atoms with van der Waals surface area (Å²) >= 11 is 0. The number of fused-ring (bicyclic) bond motifs is 1. The van der Waals surface area contributed by atoms with E-state index in [1.165, 1.54) is 18.3 Å². The van der Waals surface area contributed by atoms with Crippen LogP contribution < -0.4 is 27.1 Å². The number of benzene rings is 1. The van der Waals surface area contributed by atoms with Crippen LogP contribution >= 0.6 is 0 Å². The van der Waals surface area contributed by atoms with E-state index in [-0.39, 0.29) is 17.7 Å². The third-order valence-corrected chi connectivity index (χ3v) is 6.60. The molecular formula is C23H33F3N6O3. The number of ether oxygens (including phenoxy) is 1. The SMILES string of the molecule is N/C=C(/CCNC(=O)N1CC2CCN(C(=O)CCc3ccc(OC(F)(F)F)cc3)CCC2C1)NN. The molecule has 2 atom stereocenters. The van der Waals surface area contributed by atoms with Crippen molar-refractivity contribution in [3.8, 4) is 5.75 Å². The van der Waals surface area contributed by atoms with Crippen LogP contribution in [0.25, 0.3) is 0 Å². The molecule has 0 aromatic heterocycles. The fourth-order valence-corrected chi connectivity index (χ4v) is 4.65. The van der Waals surface area contributed by atoms with Crippen molar-refractivity contribution < 1.29 is 27.5 Å². The molecule has 12 heteroatoms. The van der Waals surface area contributed by atoms with Gasteiger partial charge in [0.25, 0.3) is 0 Å². The van der Waals surface area contributed by atoms with E-state index in [1.807, 2.05) is 9.80 Å². The van der Waals surface area contributed by atoms with E-state index in [0.29, 0.717) is 69.5 Å². The van der Waals surface area contributed by atoms with E-state index in [2.05, 4.69) is 15.5 Å². The van der Waals surface area contributed by atoms with Crippen molar-refractivity contribution in [3.63, 3.8) is 0 Å². The van der Waals surface area contributed by atoms with E-state index >= 15 is 0 Å². The van der Waals surface area contributed by atoms with Crippen LogP contribution in [0.1, 0.15) is 31.2 Å². The van der Waals surface area contributed by atoms with Gasteiger partial charge < -0.3 is 31.0 Å². The van der Waals surface area contributed by atoms with Gasteiger partial charge in [-0.1, -0.05) is 12.1 Å². The number of hydrogen-bond donors (Lipinski definition) is 4. The molecular weight excluding hydrogens is 465 g/mol. The Hall–Kier alpha value is -3.15. The number of likely N-dealkylation sites (tertiary alicyclic amines) is 2. The third-order valence-electron chi connectivity index (χ3n) is 6.60. The van der Waals surface area contributed by atoms with Gasteiger partial charge in [-0.2, -0.15) is 0 Å². The van der Waals surface area contributed by atoms with Crippen molar-refractivity contribution in [3.05, 3.63) is 41.7 Å². The zero-order valence-electron chi connectivity index (χ0n) is 19.5. The number of aryl methyl sites for hydroxylation is 1. The van der Waals surface area contributed by atoms with Crippen molar-refractivity contribution in [1.29, 1.82) is 0 Å². The second kappa shape index (κ2) is 12.0. The number of alkyl halides is 3. The van der Waals surface area contributed by atoms with Gasteiger partial charge in [-0.05, 0) is 48.8 Å². The minimum absolute atomic E-state index is 0.0347. The Morgan fingerprint density at radius 2 is 1.69 bits per heavy atom. The van der Waals surface area contributed by atoms with Gasteiger partial charge in [0, 0.05) is 57.5 Å². The highest BCUT2D eigenvalue weighted by molar-refractivity contribution is 5.76. The molecule has 2 fully saturated rings. The van der Waals surface area contributed by atoms with Gasteiger partial charge in [0.15, 0.2) is 0 Å². The normalized spacial score (nSPS) is 20.7. The third kappa shape index (κ3) is 7.94. The standard InChI is InChI=1S/C23H33F3N6O3/c24-23(25,26)35-20-4-1-16(2-5-20)3-6-21(33)31-11-8-17-14-32(15-18(17)9-12-31)22(34)29-10-7-19(13-27)30-28/h1-2,4-5,13,17-18,30H,3,6-12,14-15,27-28H2,(H,29,34)/b19-13-. The summed E-state index contributed by atoms with van der Waals surface area (Å²) < 4.78 is 40.7. The van der Waals surface area contributed by atoms with E-state index < -0.39 is 6.36 Å². The summed E-state index contributed by atoms with van der Waals surface area (Å²) in [6.07, 6.45) is -0.429. The lowest BCUT2D eigenvalue weighted by atomic mass is 9.92. The Morgan fingerprint density at radius 1 is 1.06 bits per heavy atom. The fraction of sp³-hybridized carbons (Fsp3) is 0.565. The highest BCUT2D eigenvalue weighted by Gasteiger charge is 2.37. The Labute approximate surface area is 202 Å². The molecule has 0 bridgehead atoms. The van der Waals surface area contributed by atoms with Crippen LogP contribution in [0, 0.1) is 11.8 Å². The molecule has 0 radical (unpaired) electrons. The number of nitrogens with zero attached hydrogens (tertiary/aromatic N) is 2. The number of amides is 3. The summed E-state index contributed by atoms with van der Waals surface area (Å²) in [6, 6.07) is 5.49. The molecule has 0 aliphatic carbocycles. The molecule has 6 N–H and O–H groups in total. The molecule has 0 saturated carbocycles. The first-order valence-corrected chi connectivity index (χ1v) is 11.7. The van der Waals surface area contributed by atoms with E-state index in [9.17, 15) is 22.8 Å². The maximum absolute atomic E-state index is 12.7. The molecule has 2 saturated heterocycles. The first kappa shape index (κ1) is 26.5. The average Bonchev–Trinajstić information content (AvgIpc) is 3.13. The molecule has 35 heavy (non-hydrogen) atoms. The maximum Gasteiger partial charge on any atom is 0.573 e. The van der Waals surface area contributed by atoms with Crippen LogP contribution in [0.3, 0.4) is 0 Å². The van der Waals surface area contributed by atoms with Gasteiger partial charge in [-0.25, -0.2) is 4.79 Å². The topological polar surface area (TPSA) is 126 Å². The molecule has 9 nitrogen and oxygen atoms in total. The second-order valence-electron chi connectivity index (χ2n) is 8.89. The predicted molar refractivity (Wildman–Crippen MR) is 123 cm³/mol. The number of nitrogens with one attached hydrogen (secondary N) is 2. The summed E-state index contributed by atoms with van der Waals surface area (Å²) in [5, 5.41) is 2.89. The first-order chi connectivity index (χ1) is 16.7. The number of hydrogen-bond acceptors (Lipinski definition) is 6. The zero-order chi connectivity index (χ0) is 25.4. The second-order valence-corrected chi connectivity index (χ2v) is 8.89. The molecule has 1 aromatic carbocycles. The van der Waals surface area contributed by atoms with Crippen molar-refractivity contribution in [2.45, 2.75) is 38.5 Å².